The van der Waals surface area contributed by atoms with E-state index in [9.17, 15) is 27.9 Å². The molecule has 7 nitrogen and oxygen atoms in total. The molecule has 11 heteroatoms. The molecule has 38 heavy (non-hydrogen) atoms. The molecule has 0 aromatic heterocycles. The molecule has 0 fully saturated rings. The lowest BCUT2D eigenvalue weighted by atomic mass is 9.93. The van der Waals surface area contributed by atoms with Crippen LogP contribution in [0.5, 0.6) is 23.0 Å². The minimum absolute atomic E-state index is 0.0975. The number of fused-ring (bicyclic) bond motifs is 1. The number of methoxy groups -OCH3 is 1. The summed E-state index contributed by atoms with van der Waals surface area (Å²) in [5, 5.41) is 12.4. The second-order valence-corrected chi connectivity index (χ2v) is 8.91. The first kappa shape index (κ1) is 27.1. The maximum atomic E-state index is 12.9. The van der Waals surface area contributed by atoms with Crippen LogP contribution in [-0.4, -0.2) is 37.2 Å². The molecule has 0 bridgehead atoms. The van der Waals surface area contributed by atoms with Gasteiger partial charge in [-0.15, -0.1) is 0 Å². The molecule has 1 unspecified atom stereocenters. The summed E-state index contributed by atoms with van der Waals surface area (Å²) in [6, 6.07) is 12.6. The smallest absolute Gasteiger partial charge is 0.416 e. The van der Waals surface area contributed by atoms with Gasteiger partial charge in [0.15, 0.2) is 0 Å². The normalized spacial score (nSPS) is 14.7. The predicted octanol–water partition coefficient (Wildman–Crippen LogP) is 6.08. The fourth-order valence-corrected chi connectivity index (χ4v) is 4.28. The molecule has 3 aromatic carbocycles. The Morgan fingerprint density at radius 3 is 2.50 bits per heavy atom. The van der Waals surface area contributed by atoms with Crippen molar-refractivity contribution in [2.75, 3.05) is 20.3 Å². The number of aliphatic carboxylic acids is 1. The van der Waals surface area contributed by atoms with E-state index < -0.39 is 23.6 Å². The SMILES string of the molecule is COc1cc(C(F)(F)F)ccc1CCNC(=O)c1ccc(Oc2cc3c(cc2Cl)C(C(=O)O)CCO3)cc1. The van der Waals surface area contributed by atoms with E-state index in [-0.39, 0.29) is 42.0 Å². The first-order valence-electron chi connectivity index (χ1n) is 11.6. The molecule has 0 saturated carbocycles. The second-order valence-electron chi connectivity index (χ2n) is 8.51. The number of benzene rings is 3. The van der Waals surface area contributed by atoms with E-state index in [1.807, 2.05) is 0 Å². The number of nitrogens with one attached hydrogen (secondary N) is 1. The Morgan fingerprint density at radius 1 is 1.11 bits per heavy atom. The molecule has 1 aliphatic heterocycles. The molecule has 1 atom stereocenters. The van der Waals surface area contributed by atoms with Crippen LogP contribution in [0.15, 0.2) is 54.6 Å². The van der Waals surface area contributed by atoms with Crippen LogP contribution < -0.4 is 19.5 Å². The highest BCUT2D eigenvalue weighted by Gasteiger charge is 2.31. The second kappa shape index (κ2) is 11.2. The fraction of sp³-hybridized carbons (Fsp3) is 0.259. The first-order chi connectivity index (χ1) is 18.1. The summed E-state index contributed by atoms with van der Waals surface area (Å²) in [5.74, 6) is -0.871. The van der Waals surface area contributed by atoms with Crippen molar-refractivity contribution >= 4 is 23.5 Å². The van der Waals surface area contributed by atoms with E-state index in [4.69, 9.17) is 25.8 Å². The van der Waals surface area contributed by atoms with E-state index in [1.54, 1.807) is 30.3 Å². The zero-order valence-corrected chi connectivity index (χ0v) is 20.9. The van der Waals surface area contributed by atoms with Crippen LogP contribution in [0.25, 0.3) is 0 Å². The van der Waals surface area contributed by atoms with Crippen LogP contribution in [0.4, 0.5) is 13.2 Å². The molecule has 0 spiro atoms. The highest BCUT2D eigenvalue weighted by atomic mass is 35.5. The standard InChI is InChI=1S/C27H23ClF3NO6/c1-36-22-12-17(27(29,30)31)5-2-15(22)8-10-32-25(33)16-3-6-18(7-4-16)38-24-14-23-20(13-21(24)28)19(26(34)35)9-11-37-23/h2-7,12-14,19H,8-11H2,1H3,(H,32,33)(H,34,35). The Balaban J connectivity index is 1.37. The molecular formula is C27H23ClF3NO6. The highest BCUT2D eigenvalue weighted by molar-refractivity contribution is 6.32. The van der Waals surface area contributed by atoms with Crippen LogP contribution in [-0.2, 0) is 17.4 Å². The van der Waals surface area contributed by atoms with Crippen molar-refractivity contribution in [3.05, 3.63) is 81.9 Å². The van der Waals surface area contributed by atoms with Gasteiger partial charge in [-0.1, -0.05) is 17.7 Å². The van der Waals surface area contributed by atoms with E-state index in [2.05, 4.69) is 5.32 Å². The molecule has 1 amide bonds. The van der Waals surface area contributed by atoms with Crippen LogP contribution in [0.2, 0.25) is 5.02 Å². The van der Waals surface area contributed by atoms with Gasteiger partial charge in [0.1, 0.15) is 23.0 Å². The monoisotopic (exact) mass is 549 g/mol. The number of ether oxygens (including phenoxy) is 3. The maximum absolute atomic E-state index is 12.9. The van der Waals surface area contributed by atoms with Crippen LogP contribution in [0.1, 0.15) is 39.4 Å². The summed E-state index contributed by atoms with van der Waals surface area (Å²) >= 11 is 6.32. The number of halogens is 4. The van der Waals surface area contributed by atoms with E-state index in [0.29, 0.717) is 34.6 Å². The number of hydrogen-bond acceptors (Lipinski definition) is 5. The number of carbonyl (C=O) groups excluding carboxylic acids is 1. The summed E-state index contributed by atoms with van der Waals surface area (Å²) in [6.45, 7) is 0.446. The van der Waals surface area contributed by atoms with E-state index in [1.165, 1.54) is 19.2 Å². The van der Waals surface area contributed by atoms with Gasteiger partial charge in [0.25, 0.3) is 5.91 Å². The van der Waals surface area contributed by atoms with Crippen LogP contribution in [0.3, 0.4) is 0 Å². The van der Waals surface area contributed by atoms with Gasteiger partial charge in [-0.2, -0.15) is 13.2 Å². The molecule has 0 aliphatic carbocycles. The number of rotatable bonds is 8. The largest absolute Gasteiger partial charge is 0.496 e. The third kappa shape index (κ3) is 6.13. The lowest BCUT2D eigenvalue weighted by Crippen LogP contribution is -2.25. The van der Waals surface area contributed by atoms with E-state index >= 15 is 0 Å². The van der Waals surface area contributed by atoms with Gasteiger partial charge in [0.05, 0.1) is 30.2 Å². The van der Waals surface area contributed by atoms with Crippen molar-refractivity contribution in [2.45, 2.75) is 24.9 Å². The predicted molar refractivity (Wildman–Crippen MR) is 132 cm³/mol. The summed E-state index contributed by atoms with van der Waals surface area (Å²) < 4.78 is 55.2. The quantitative estimate of drug-likeness (QED) is 0.353. The zero-order valence-electron chi connectivity index (χ0n) is 20.1. The maximum Gasteiger partial charge on any atom is 0.416 e. The Morgan fingerprint density at radius 2 is 1.84 bits per heavy atom. The number of carboxylic acid groups (broad SMARTS) is 1. The summed E-state index contributed by atoms with van der Waals surface area (Å²) in [6.07, 6.45) is -3.85. The van der Waals surface area contributed by atoms with Gasteiger partial charge in [0.2, 0.25) is 0 Å². The third-order valence-electron chi connectivity index (χ3n) is 6.04. The van der Waals surface area contributed by atoms with Gasteiger partial charge >= 0.3 is 12.1 Å². The number of amides is 1. The molecule has 1 aliphatic rings. The molecule has 1 heterocycles. The minimum atomic E-state index is -4.47. The van der Waals surface area contributed by atoms with Crippen molar-refractivity contribution in [3.63, 3.8) is 0 Å². The average molecular weight is 550 g/mol. The van der Waals surface area contributed by atoms with Crippen molar-refractivity contribution in [3.8, 4) is 23.0 Å². The molecule has 0 saturated heterocycles. The van der Waals surface area contributed by atoms with Crippen molar-refractivity contribution in [2.24, 2.45) is 0 Å². The first-order valence-corrected chi connectivity index (χ1v) is 11.9. The minimum Gasteiger partial charge on any atom is -0.496 e. The van der Waals surface area contributed by atoms with Gasteiger partial charge in [-0.05, 0) is 60.9 Å². The van der Waals surface area contributed by atoms with Crippen LogP contribution >= 0.6 is 11.6 Å². The zero-order chi connectivity index (χ0) is 27.4. The lowest BCUT2D eigenvalue weighted by molar-refractivity contribution is -0.139. The number of alkyl halides is 3. The Hall–Kier alpha value is -3.92. The van der Waals surface area contributed by atoms with Crippen LogP contribution in [0, 0.1) is 0 Å². The molecule has 3 aromatic rings. The molecular weight excluding hydrogens is 527 g/mol. The highest BCUT2D eigenvalue weighted by Crippen LogP contribution is 2.42. The lowest BCUT2D eigenvalue weighted by Gasteiger charge is -2.24. The van der Waals surface area contributed by atoms with Gasteiger partial charge in [0, 0.05) is 23.7 Å². The van der Waals surface area contributed by atoms with Gasteiger partial charge in [-0.25, -0.2) is 0 Å². The average Bonchev–Trinajstić information content (AvgIpc) is 2.88. The molecule has 2 N–H and O–H groups in total. The molecule has 0 radical (unpaired) electrons. The van der Waals surface area contributed by atoms with E-state index in [0.717, 1.165) is 12.1 Å². The summed E-state index contributed by atoms with van der Waals surface area (Å²) in [5.41, 5.74) is 0.561. The number of carboxylic acids is 1. The number of carbonyl (C=O) groups is 2. The molecule has 200 valence electrons. The topological polar surface area (TPSA) is 94.1 Å². The summed E-state index contributed by atoms with van der Waals surface area (Å²) in [7, 11) is 1.29. The number of hydrogen-bond donors (Lipinski definition) is 2. The molecule has 4 rings (SSSR count). The summed E-state index contributed by atoms with van der Waals surface area (Å²) in [4.78, 5) is 24.0. The van der Waals surface area contributed by atoms with Crippen molar-refractivity contribution in [1.29, 1.82) is 0 Å². The Kier molecular flexibility index (Phi) is 8.01. The van der Waals surface area contributed by atoms with Gasteiger partial charge in [-0.3, -0.25) is 9.59 Å². The van der Waals surface area contributed by atoms with Crippen molar-refractivity contribution in [1.82, 2.24) is 5.32 Å². The van der Waals surface area contributed by atoms with Crippen molar-refractivity contribution < 1.29 is 42.1 Å². The Labute approximate surface area is 221 Å². The third-order valence-corrected chi connectivity index (χ3v) is 6.34. The fourth-order valence-electron chi connectivity index (χ4n) is 4.07. The van der Waals surface area contributed by atoms with Gasteiger partial charge < -0.3 is 24.6 Å². The Bertz CT molecular complexity index is 1340.